The van der Waals surface area contributed by atoms with E-state index in [-0.39, 0.29) is 11.7 Å². The molecular formula is C16H15F3N2O. The molecule has 1 N–H and O–H groups in total. The molecule has 0 unspecified atom stereocenters. The molecule has 0 saturated heterocycles. The minimum absolute atomic E-state index is 0.0477. The summed E-state index contributed by atoms with van der Waals surface area (Å²) in [5.74, 6) is -0.510. The maximum absolute atomic E-state index is 12.5. The highest BCUT2D eigenvalue weighted by atomic mass is 19.4. The number of nitrogens with zero attached hydrogens (tertiary/aromatic N) is 1. The Labute approximate surface area is 126 Å². The Morgan fingerprint density at radius 2 is 1.86 bits per heavy atom. The van der Waals surface area contributed by atoms with E-state index in [1.807, 2.05) is 38.1 Å². The molecule has 1 aromatic carbocycles. The SMILES string of the molecule is Cc1ccccc1[C@@H](C)NC(=O)c1ccc(C(F)(F)F)cn1. The van der Waals surface area contributed by atoms with E-state index in [1.54, 1.807) is 0 Å². The minimum Gasteiger partial charge on any atom is -0.344 e. The zero-order chi connectivity index (χ0) is 16.3. The number of benzene rings is 1. The number of aryl methyl sites for hydroxylation is 1. The van der Waals surface area contributed by atoms with Gasteiger partial charge in [0.2, 0.25) is 0 Å². The van der Waals surface area contributed by atoms with E-state index in [2.05, 4.69) is 10.3 Å². The summed E-state index contributed by atoms with van der Waals surface area (Å²) in [7, 11) is 0. The number of pyridine rings is 1. The quantitative estimate of drug-likeness (QED) is 0.934. The normalized spacial score (nSPS) is 12.8. The number of halogens is 3. The monoisotopic (exact) mass is 308 g/mol. The molecule has 0 bridgehead atoms. The first-order valence-corrected chi connectivity index (χ1v) is 6.68. The summed E-state index contributed by atoms with van der Waals surface area (Å²) in [4.78, 5) is 15.6. The molecule has 0 aliphatic carbocycles. The van der Waals surface area contributed by atoms with Gasteiger partial charge >= 0.3 is 6.18 Å². The molecule has 1 aromatic heterocycles. The van der Waals surface area contributed by atoms with Crippen LogP contribution in [-0.4, -0.2) is 10.9 Å². The first-order chi connectivity index (χ1) is 10.3. The molecule has 0 radical (unpaired) electrons. The summed E-state index contributed by atoms with van der Waals surface area (Å²) in [6, 6.07) is 9.22. The van der Waals surface area contributed by atoms with Crippen molar-refractivity contribution in [1.82, 2.24) is 10.3 Å². The third-order valence-corrected chi connectivity index (χ3v) is 3.33. The van der Waals surface area contributed by atoms with Crippen LogP contribution in [0.25, 0.3) is 0 Å². The van der Waals surface area contributed by atoms with Crippen LogP contribution in [0.1, 0.15) is 40.1 Å². The zero-order valence-electron chi connectivity index (χ0n) is 12.1. The fourth-order valence-corrected chi connectivity index (χ4v) is 2.12. The van der Waals surface area contributed by atoms with Crippen molar-refractivity contribution in [2.24, 2.45) is 0 Å². The second-order valence-corrected chi connectivity index (χ2v) is 4.98. The van der Waals surface area contributed by atoms with E-state index in [0.717, 1.165) is 23.3 Å². The van der Waals surface area contributed by atoms with Gasteiger partial charge in [-0.25, -0.2) is 0 Å². The lowest BCUT2D eigenvalue weighted by Gasteiger charge is -2.16. The van der Waals surface area contributed by atoms with E-state index in [0.29, 0.717) is 6.20 Å². The molecule has 116 valence electrons. The molecule has 1 amide bonds. The van der Waals surface area contributed by atoms with Gasteiger partial charge in [0, 0.05) is 6.20 Å². The van der Waals surface area contributed by atoms with Gasteiger partial charge in [-0.1, -0.05) is 24.3 Å². The average molecular weight is 308 g/mol. The van der Waals surface area contributed by atoms with Crippen LogP contribution in [0.15, 0.2) is 42.6 Å². The summed E-state index contributed by atoms with van der Waals surface area (Å²) >= 11 is 0. The van der Waals surface area contributed by atoms with E-state index < -0.39 is 17.6 Å². The van der Waals surface area contributed by atoms with Gasteiger partial charge in [0.25, 0.3) is 5.91 Å². The van der Waals surface area contributed by atoms with E-state index in [4.69, 9.17) is 0 Å². The lowest BCUT2D eigenvalue weighted by Crippen LogP contribution is -2.28. The maximum Gasteiger partial charge on any atom is 0.417 e. The molecule has 0 fully saturated rings. The van der Waals surface area contributed by atoms with Crippen LogP contribution < -0.4 is 5.32 Å². The van der Waals surface area contributed by atoms with Gasteiger partial charge in [0.15, 0.2) is 0 Å². The van der Waals surface area contributed by atoms with Gasteiger partial charge in [-0.3, -0.25) is 9.78 Å². The molecule has 22 heavy (non-hydrogen) atoms. The second kappa shape index (κ2) is 6.17. The Morgan fingerprint density at radius 1 is 1.18 bits per heavy atom. The topological polar surface area (TPSA) is 42.0 Å². The highest BCUT2D eigenvalue weighted by molar-refractivity contribution is 5.92. The van der Waals surface area contributed by atoms with Crippen LogP contribution in [0.3, 0.4) is 0 Å². The zero-order valence-corrected chi connectivity index (χ0v) is 12.1. The van der Waals surface area contributed by atoms with Crippen molar-refractivity contribution in [2.75, 3.05) is 0 Å². The van der Waals surface area contributed by atoms with Crippen LogP contribution in [0, 0.1) is 6.92 Å². The molecule has 1 atom stereocenters. The Balaban J connectivity index is 2.11. The second-order valence-electron chi connectivity index (χ2n) is 4.98. The van der Waals surface area contributed by atoms with Gasteiger partial charge in [-0.05, 0) is 37.1 Å². The molecule has 6 heteroatoms. The number of aromatic nitrogens is 1. The van der Waals surface area contributed by atoms with Crippen molar-refractivity contribution >= 4 is 5.91 Å². The fraction of sp³-hybridized carbons (Fsp3) is 0.250. The average Bonchev–Trinajstić information content (AvgIpc) is 2.46. The van der Waals surface area contributed by atoms with Crippen molar-refractivity contribution < 1.29 is 18.0 Å². The van der Waals surface area contributed by atoms with Crippen LogP contribution in [-0.2, 0) is 6.18 Å². The lowest BCUT2D eigenvalue weighted by molar-refractivity contribution is -0.137. The number of amides is 1. The number of hydrogen-bond donors (Lipinski definition) is 1. The molecule has 0 aliphatic heterocycles. The van der Waals surface area contributed by atoms with E-state index in [1.165, 1.54) is 0 Å². The Bertz CT molecular complexity index is 666. The third kappa shape index (κ3) is 3.63. The molecular weight excluding hydrogens is 293 g/mol. The van der Waals surface area contributed by atoms with Gasteiger partial charge in [-0.15, -0.1) is 0 Å². The first-order valence-electron chi connectivity index (χ1n) is 6.68. The lowest BCUT2D eigenvalue weighted by atomic mass is 10.0. The van der Waals surface area contributed by atoms with Gasteiger partial charge in [0.1, 0.15) is 5.69 Å². The van der Waals surface area contributed by atoms with Crippen molar-refractivity contribution in [3.05, 3.63) is 65.0 Å². The first kappa shape index (κ1) is 16.0. The van der Waals surface area contributed by atoms with Crippen LogP contribution in [0.2, 0.25) is 0 Å². The predicted octanol–water partition coefficient (Wildman–Crippen LogP) is 3.90. The van der Waals surface area contributed by atoms with Crippen LogP contribution in [0.4, 0.5) is 13.2 Å². The third-order valence-electron chi connectivity index (χ3n) is 3.33. The fourth-order valence-electron chi connectivity index (χ4n) is 2.12. The minimum atomic E-state index is -4.46. The van der Waals surface area contributed by atoms with Crippen molar-refractivity contribution in [3.8, 4) is 0 Å². The molecule has 1 heterocycles. The highest BCUT2D eigenvalue weighted by Gasteiger charge is 2.31. The number of carbonyl (C=O) groups is 1. The number of rotatable bonds is 3. The van der Waals surface area contributed by atoms with Crippen molar-refractivity contribution in [3.63, 3.8) is 0 Å². The van der Waals surface area contributed by atoms with Gasteiger partial charge in [-0.2, -0.15) is 13.2 Å². The van der Waals surface area contributed by atoms with Crippen molar-refractivity contribution in [2.45, 2.75) is 26.1 Å². The van der Waals surface area contributed by atoms with E-state index in [9.17, 15) is 18.0 Å². The van der Waals surface area contributed by atoms with Gasteiger partial charge < -0.3 is 5.32 Å². The number of alkyl halides is 3. The maximum atomic E-state index is 12.5. The summed E-state index contributed by atoms with van der Waals surface area (Å²) in [5.41, 5.74) is 1.04. The van der Waals surface area contributed by atoms with Crippen LogP contribution >= 0.6 is 0 Å². The number of carbonyl (C=O) groups excluding carboxylic acids is 1. The van der Waals surface area contributed by atoms with Gasteiger partial charge in [0.05, 0.1) is 11.6 Å². The summed E-state index contributed by atoms with van der Waals surface area (Å²) in [6.07, 6.45) is -3.80. The predicted molar refractivity (Wildman–Crippen MR) is 76.3 cm³/mol. The standard InChI is InChI=1S/C16H15F3N2O/c1-10-5-3-4-6-13(10)11(2)21-15(22)14-8-7-12(9-20-14)16(17,18)19/h3-9,11H,1-2H3,(H,21,22)/t11-/m1/s1. The largest absolute Gasteiger partial charge is 0.417 e. The smallest absolute Gasteiger partial charge is 0.344 e. The molecule has 0 spiro atoms. The summed E-state index contributed by atoms with van der Waals surface area (Å²) in [5, 5.41) is 2.73. The van der Waals surface area contributed by atoms with Crippen molar-refractivity contribution in [1.29, 1.82) is 0 Å². The molecule has 0 saturated carbocycles. The molecule has 2 aromatic rings. The summed E-state index contributed by atoms with van der Waals surface area (Å²) < 4.78 is 37.4. The summed E-state index contributed by atoms with van der Waals surface area (Å²) in [6.45, 7) is 3.73. The van der Waals surface area contributed by atoms with Crippen LogP contribution in [0.5, 0.6) is 0 Å². The Hall–Kier alpha value is -2.37. The highest BCUT2D eigenvalue weighted by Crippen LogP contribution is 2.28. The molecule has 0 aliphatic rings. The molecule has 3 nitrogen and oxygen atoms in total. The Morgan fingerprint density at radius 3 is 2.41 bits per heavy atom. The van der Waals surface area contributed by atoms with E-state index >= 15 is 0 Å². The number of hydrogen-bond acceptors (Lipinski definition) is 2. The number of nitrogens with one attached hydrogen (secondary N) is 1. The molecule has 2 rings (SSSR count). The Kier molecular flexibility index (Phi) is 4.49.